The molecule has 0 heterocycles. The molecule has 0 fully saturated rings. The third-order valence-corrected chi connectivity index (χ3v) is 3.47. The topological polar surface area (TPSA) is 42.2 Å². The summed E-state index contributed by atoms with van der Waals surface area (Å²) in [5.41, 5.74) is 0.218. The minimum absolute atomic E-state index is 0.0356. The molecule has 0 atom stereocenters. The number of para-hydroxylation sites is 2. The van der Waals surface area contributed by atoms with Crippen LogP contribution in [0.15, 0.2) is 40.9 Å². The summed E-state index contributed by atoms with van der Waals surface area (Å²) in [6.07, 6.45) is 0.866. The summed E-state index contributed by atoms with van der Waals surface area (Å²) in [7, 11) is 0. The Labute approximate surface area is 131 Å². The summed E-state index contributed by atoms with van der Waals surface area (Å²) in [5, 5.41) is 8.86. The molecule has 0 unspecified atom stereocenters. The van der Waals surface area contributed by atoms with Gasteiger partial charge < -0.3 is 9.47 Å². The summed E-state index contributed by atoms with van der Waals surface area (Å²) in [6, 6.07) is 11.9. The molecule has 0 saturated carbocycles. The molecule has 0 spiro atoms. The van der Waals surface area contributed by atoms with Crippen molar-refractivity contribution in [2.24, 2.45) is 0 Å². The maximum atomic E-state index is 14.2. The van der Waals surface area contributed by atoms with Gasteiger partial charge in [-0.1, -0.05) is 19.1 Å². The molecule has 0 N–H and O–H groups in total. The summed E-state index contributed by atoms with van der Waals surface area (Å²) >= 11 is 3.06. The lowest BCUT2D eigenvalue weighted by atomic mass is 10.2. The molecule has 2 rings (SSSR count). The summed E-state index contributed by atoms with van der Waals surface area (Å²) < 4.78 is 25.4. The van der Waals surface area contributed by atoms with Gasteiger partial charge in [0.1, 0.15) is 6.07 Å². The van der Waals surface area contributed by atoms with Gasteiger partial charge >= 0.3 is 0 Å². The smallest absolute Gasteiger partial charge is 0.181 e. The Balaban J connectivity index is 2.31. The van der Waals surface area contributed by atoms with E-state index >= 15 is 0 Å². The van der Waals surface area contributed by atoms with Crippen molar-refractivity contribution in [3.8, 4) is 23.3 Å². The van der Waals surface area contributed by atoms with Gasteiger partial charge in [-0.3, -0.25) is 0 Å². The van der Waals surface area contributed by atoms with E-state index in [1.54, 1.807) is 18.2 Å². The van der Waals surface area contributed by atoms with E-state index in [4.69, 9.17) is 14.7 Å². The van der Waals surface area contributed by atoms with E-state index < -0.39 is 5.82 Å². The average Bonchev–Trinajstić information content (AvgIpc) is 2.51. The molecule has 0 saturated heterocycles. The van der Waals surface area contributed by atoms with Crippen LogP contribution in [0, 0.1) is 17.1 Å². The zero-order valence-corrected chi connectivity index (χ0v) is 13.0. The molecule has 2 aromatic rings. The first-order valence-electron chi connectivity index (χ1n) is 6.45. The zero-order chi connectivity index (χ0) is 15.2. The Morgan fingerprint density at radius 1 is 1.14 bits per heavy atom. The minimum atomic E-state index is -0.612. The van der Waals surface area contributed by atoms with Gasteiger partial charge in [0, 0.05) is 0 Å². The van der Waals surface area contributed by atoms with Gasteiger partial charge in [0.2, 0.25) is 0 Å². The number of benzene rings is 2. The van der Waals surface area contributed by atoms with Crippen molar-refractivity contribution < 1.29 is 13.9 Å². The molecule has 0 aliphatic carbocycles. The highest BCUT2D eigenvalue weighted by molar-refractivity contribution is 9.10. The molecule has 21 heavy (non-hydrogen) atoms. The Morgan fingerprint density at radius 3 is 2.52 bits per heavy atom. The van der Waals surface area contributed by atoms with Crippen LogP contribution in [-0.4, -0.2) is 6.61 Å². The summed E-state index contributed by atoms with van der Waals surface area (Å²) in [5.74, 6) is 0.411. The first kappa shape index (κ1) is 15.3. The highest BCUT2D eigenvalue weighted by atomic mass is 79.9. The highest BCUT2D eigenvalue weighted by Crippen LogP contribution is 2.35. The molecule has 5 heteroatoms. The van der Waals surface area contributed by atoms with E-state index in [1.165, 1.54) is 12.1 Å². The predicted octanol–water partition coefficient (Wildman–Crippen LogP) is 5.04. The monoisotopic (exact) mass is 349 g/mol. The normalized spacial score (nSPS) is 10.0. The van der Waals surface area contributed by atoms with Crippen LogP contribution in [0.1, 0.15) is 18.9 Å². The quantitative estimate of drug-likeness (QED) is 0.759. The van der Waals surface area contributed by atoms with Crippen LogP contribution in [0.4, 0.5) is 4.39 Å². The van der Waals surface area contributed by atoms with Crippen LogP contribution in [-0.2, 0) is 0 Å². The first-order valence-corrected chi connectivity index (χ1v) is 7.24. The molecule has 0 aromatic heterocycles. The fourth-order valence-electron chi connectivity index (χ4n) is 1.68. The van der Waals surface area contributed by atoms with E-state index in [1.807, 2.05) is 19.1 Å². The molecule has 0 radical (unpaired) electrons. The Bertz CT molecular complexity index is 682. The van der Waals surface area contributed by atoms with Gasteiger partial charge in [-0.25, -0.2) is 4.39 Å². The van der Waals surface area contributed by atoms with Gasteiger partial charge in [-0.15, -0.1) is 0 Å². The van der Waals surface area contributed by atoms with E-state index in [9.17, 15) is 4.39 Å². The SMILES string of the molecule is CCCOc1ccccc1Oc1ccc(C#N)c(Br)c1F. The van der Waals surface area contributed by atoms with Crippen molar-refractivity contribution in [2.75, 3.05) is 6.61 Å². The van der Waals surface area contributed by atoms with Gasteiger partial charge in [0.15, 0.2) is 23.1 Å². The predicted molar refractivity (Wildman–Crippen MR) is 81.1 cm³/mol. The Kier molecular flexibility index (Phi) is 5.18. The number of halogens is 2. The number of hydrogen-bond acceptors (Lipinski definition) is 3. The molecule has 3 nitrogen and oxygen atoms in total. The molecule has 0 bridgehead atoms. The third kappa shape index (κ3) is 3.53. The molecule has 0 amide bonds. The fraction of sp³-hybridized carbons (Fsp3) is 0.188. The van der Waals surface area contributed by atoms with Crippen LogP contribution in [0.5, 0.6) is 17.2 Å². The number of nitrogens with zero attached hydrogens (tertiary/aromatic N) is 1. The average molecular weight is 350 g/mol. The lowest BCUT2D eigenvalue weighted by Crippen LogP contribution is -1.98. The zero-order valence-electron chi connectivity index (χ0n) is 11.4. The van der Waals surface area contributed by atoms with Crippen LogP contribution >= 0.6 is 15.9 Å². The third-order valence-electron chi connectivity index (χ3n) is 2.70. The molecule has 0 aliphatic rings. The van der Waals surface area contributed by atoms with Crippen molar-refractivity contribution in [1.29, 1.82) is 5.26 Å². The maximum Gasteiger partial charge on any atom is 0.181 e. The minimum Gasteiger partial charge on any atom is -0.490 e. The van der Waals surface area contributed by atoms with Gasteiger partial charge in [-0.2, -0.15) is 5.26 Å². The second-order valence-corrected chi connectivity index (χ2v) is 5.04. The van der Waals surface area contributed by atoms with Crippen molar-refractivity contribution in [2.45, 2.75) is 13.3 Å². The van der Waals surface area contributed by atoms with Gasteiger partial charge in [0.25, 0.3) is 0 Å². The van der Waals surface area contributed by atoms with Crippen molar-refractivity contribution in [3.05, 3.63) is 52.3 Å². The van der Waals surface area contributed by atoms with E-state index in [0.29, 0.717) is 18.1 Å². The Morgan fingerprint density at radius 2 is 1.86 bits per heavy atom. The fourth-order valence-corrected chi connectivity index (χ4v) is 2.10. The summed E-state index contributed by atoms with van der Waals surface area (Å²) in [4.78, 5) is 0. The largest absolute Gasteiger partial charge is 0.490 e. The van der Waals surface area contributed by atoms with Crippen molar-refractivity contribution >= 4 is 15.9 Å². The van der Waals surface area contributed by atoms with Gasteiger partial charge in [0.05, 0.1) is 16.6 Å². The van der Waals surface area contributed by atoms with Crippen LogP contribution in [0.25, 0.3) is 0 Å². The number of hydrogen-bond donors (Lipinski definition) is 0. The molecular formula is C16H13BrFNO2. The lowest BCUT2D eigenvalue weighted by molar-refractivity contribution is 0.300. The summed E-state index contributed by atoms with van der Waals surface area (Å²) in [6.45, 7) is 2.56. The number of ether oxygens (including phenoxy) is 2. The molecule has 108 valence electrons. The molecular weight excluding hydrogens is 337 g/mol. The molecule has 0 aliphatic heterocycles. The van der Waals surface area contributed by atoms with Crippen molar-refractivity contribution in [1.82, 2.24) is 0 Å². The van der Waals surface area contributed by atoms with Gasteiger partial charge in [-0.05, 0) is 46.6 Å². The maximum absolute atomic E-state index is 14.2. The van der Waals surface area contributed by atoms with E-state index in [0.717, 1.165) is 6.42 Å². The standard InChI is InChI=1S/C16H13BrFNO2/c1-2-9-20-12-5-3-4-6-13(12)21-14-8-7-11(10-19)15(17)16(14)18/h3-8H,2,9H2,1H3. The number of nitriles is 1. The van der Waals surface area contributed by atoms with Crippen LogP contribution in [0.2, 0.25) is 0 Å². The second kappa shape index (κ2) is 7.09. The number of rotatable bonds is 5. The van der Waals surface area contributed by atoms with Crippen molar-refractivity contribution in [3.63, 3.8) is 0 Å². The molecule has 2 aromatic carbocycles. The highest BCUT2D eigenvalue weighted by Gasteiger charge is 2.14. The lowest BCUT2D eigenvalue weighted by Gasteiger charge is -2.13. The van der Waals surface area contributed by atoms with E-state index in [2.05, 4.69) is 15.9 Å². The Hall–Kier alpha value is -2.06. The van der Waals surface area contributed by atoms with Crippen LogP contribution in [0.3, 0.4) is 0 Å². The first-order chi connectivity index (χ1) is 10.2. The van der Waals surface area contributed by atoms with Crippen LogP contribution < -0.4 is 9.47 Å². The second-order valence-electron chi connectivity index (χ2n) is 4.25. The van der Waals surface area contributed by atoms with E-state index in [-0.39, 0.29) is 15.8 Å².